The summed E-state index contributed by atoms with van der Waals surface area (Å²) in [7, 11) is 0. The summed E-state index contributed by atoms with van der Waals surface area (Å²) in [5.74, 6) is 0.621. The standard InChI is InChI=1S/C12H12O/c1-8(2)10-4-3-9-5-6-12(13)11(9)7-10/h3-8H,1-2H3. The van der Waals surface area contributed by atoms with Crippen molar-refractivity contribution in [2.45, 2.75) is 19.8 Å². The first-order chi connectivity index (χ1) is 6.18. The van der Waals surface area contributed by atoms with Gasteiger partial charge >= 0.3 is 0 Å². The fraction of sp³-hybridized carbons (Fsp3) is 0.250. The van der Waals surface area contributed by atoms with Crippen molar-refractivity contribution in [1.82, 2.24) is 0 Å². The third kappa shape index (κ3) is 1.31. The molecule has 1 aliphatic rings. The minimum Gasteiger partial charge on any atom is -0.289 e. The number of allylic oxidation sites excluding steroid dienone is 1. The van der Waals surface area contributed by atoms with Crippen LogP contribution in [0.1, 0.15) is 41.3 Å². The van der Waals surface area contributed by atoms with E-state index in [1.54, 1.807) is 6.08 Å². The Morgan fingerprint density at radius 2 is 1.92 bits per heavy atom. The summed E-state index contributed by atoms with van der Waals surface area (Å²) in [6.07, 6.45) is 3.51. The van der Waals surface area contributed by atoms with Crippen molar-refractivity contribution in [1.29, 1.82) is 0 Å². The van der Waals surface area contributed by atoms with Crippen LogP contribution in [0.2, 0.25) is 0 Å². The summed E-state index contributed by atoms with van der Waals surface area (Å²) in [5.41, 5.74) is 3.14. The molecule has 0 saturated carbocycles. The molecule has 1 aromatic carbocycles. The van der Waals surface area contributed by atoms with Crippen LogP contribution in [0.15, 0.2) is 24.3 Å². The summed E-state index contributed by atoms with van der Waals surface area (Å²) < 4.78 is 0. The van der Waals surface area contributed by atoms with E-state index in [2.05, 4.69) is 19.9 Å². The van der Waals surface area contributed by atoms with Crippen molar-refractivity contribution in [2.75, 3.05) is 0 Å². The van der Waals surface area contributed by atoms with Crippen molar-refractivity contribution >= 4 is 11.9 Å². The van der Waals surface area contributed by atoms with E-state index in [1.807, 2.05) is 18.2 Å². The Bertz CT molecular complexity index is 386. The highest BCUT2D eigenvalue weighted by Gasteiger charge is 2.14. The molecule has 0 unspecified atom stereocenters. The van der Waals surface area contributed by atoms with E-state index in [0.29, 0.717) is 5.92 Å². The minimum absolute atomic E-state index is 0.137. The zero-order valence-corrected chi connectivity index (χ0v) is 7.87. The number of carbonyl (C=O) groups excluding carboxylic acids is 1. The van der Waals surface area contributed by atoms with Gasteiger partial charge in [0.1, 0.15) is 0 Å². The second-order valence-electron chi connectivity index (χ2n) is 3.70. The molecule has 0 amide bonds. The lowest BCUT2D eigenvalue weighted by Crippen LogP contribution is -1.95. The minimum atomic E-state index is 0.137. The summed E-state index contributed by atoms with van der Waals surface area (Å²) in [4.78, 5) is 11.4. The fourth-order valence-corrected chi connectivity index (χ4v) is 1.55. The maximum atomic E-state index is 11.4. The van der Waals surface area contributed by atoms with Gasteiger partial charge in [-0.1, -0.05) is 32.1 Å². The van der Waals surface area contributed by atoms with Crippen LogP contribution in [0.25, 0.3) is 6.08 Å². The zero-order chi connectivity index (χ0) is 9.42. The lowest BCUT2D eigenvalue weighted by Gasteiger charge is -2.06. The number of ketones is 1. The van der Waals surface area contributed by atoms with Crippen molar-refractivity contribution < 1.29 is 4.79 Å². The number of hydrogen-bond acceptors (Lipinski definition) is 1. The van der Waals surface area contributed by atoms with Crippen LogP contribution >= 0.6 is 0 Å². The molecule has 1 nitrogen and oxygen atoms in total. The molecule has 0 saturated heterocycles. The monoisotopic (exact) mass is 172 g/mol. The Labute approximate surface area is 78.1 Å². The molecule has 1 aromatic rings. The quantitative estimate of drug-likeness (QED) is 0.636. The molecule has 2 rings (SSSR count). The number of benzene rings is 1. The molecule has 0 spiro atoms. The van der Waals surface area contributed by atoms with Crippen LogP contribution in [0.5, 0.6) is 0 Å². The van der Waals surface area contributed by atoms with E-state index in [9.17, 15) is 4.79 Å². The summed E-state index contributed by atoms with van der Waals surface area (Å²) >= 11 is 0. The maximum absolute atomic E-state index is 11.4. The molecule has 0 aromatic heterocycles. The number of rotatable bonds is 1. The van der Waals surface area contributed by atoms with Crippen molar-refractivity contribution in [3.63, 3.8) is 0 Å². The first kappa shape index (κ1) is 8.24. The van der Waals surface area contributed by atoms with Crippen LogP contribution in [-0.2, 0) is 0 Å². The Kier molecular flexibility index (Phi) is 1.80. The van der Waals surface area contributed by atoms with Crippen molar-refractivity contribution in [3.05, 3.63) is 41.0 Å². The van der Waals surface area contributed by atoms with Gasteiger partial charge in [-0.05, 0) is 29.2 Å². The third-order valence-electron chi connectivity index (χ3n) is 2.42. The molecule has 0 aliphatic heterocycles. The van der Waals surface area contributed by atoms with Crippen LogP contribution in [0, 0.1) is 0 Å². The second-order valence-corrected chi connectivity index (χ2v) is 3.70. The topological polar surface area (TPSA) is 17.1 Å². The van der Waals surface area contributed by atoms with Crippen molar-refractivity contribution in [2.24, 2.45) is 0 Å². The predicted molar refractivity (Wildman–Crippen MR) is 53.9 cm³/mol. The van der Waals surface area contributed by atoms with Gasteiger partial charge < -0.3 is 0 Å². The average molecular weight is 172 g/mol. The highest BCUT2D eigenvalue weighted by molar-refractivity contribution is 6.13. The molecule has 1 aliphatic carbocycles. The second kappa shape index (κ2) is 2.84. The van der Waals surface area contributed by atoms with Gasteiger partial charge in [0.15, 0.2) is 5.78 Å². The summed E-state index contributed by atoms with van der Waals surface area (Å²) in [6.45, 7) is 4.27. The molecule has 0 heterocycles. The molecule has 1 heteroatoms. The molecule has 0 bridgehead atoms. The molecule has 0 radical (unpaired) electrons. The van der Waals surface area contributed by atoms with Gasteiger partial charge in [0, 0.05) is 5.56 Å². The molecular weight excluding hydrogens is 160 g/mol. The van der Waals surface area contributed by atoms with Gasteiger partial charge in [-0.2, -0.15) is 0 Å². The maximum Gasteiger partial charge on any atom is 0.186 e. The third-order valence-corrected chi connectivity index (χ3v) is 2.42. The van der Waals surface area contributed by atoms with E-state index in [4.69, 9.17) is 0 Å². The largest absolute Gasteiger partial charge is 0.289 e. The van der Waals surface area contributed by atoms with Gasteiger partial charge in [-0.3, -0.25) is 4.79 Å². The van der Waals surface area contributed by atoms with E-state index in [1.165, 1.54) is 5.56 Å². The van der Waals surface area contributed by atoms with Crippen LogP contribution < -0.4 is 0 Å². The molecule has 13 heavy (non-hydrogen) atoms. The van der Waals surface area contributed by atoms with Crippen molar-refractivity contribution in [3.8, 4) is 0 Å². The average Bonchev–Trinajstić information content (AvgIpc) is 2.47. The van der Waals surface area contributed by atoms with Crippen LogP contribution in [-0.4, -0.2) is 5.78 Å². The Morgan fingerprint density at radius 3 is 2.62 bits per heavy atom. The number of carbonyl (C=O) groups is 1. The lowest BCUT2D eigenvalue weighted by molar-refractivity contribution is 0.105. The van der Waals surface area contributed by atoms with E-state index in [0.717, 1.165) is 11.1 Å². The van der Waals surface area contributed by atoms with Gasteiger partial charge in [0.25, 0.3) is 0 Å². The van der Waals surface area contributed by atoms with E-state index in [-0.39, 0.29) is 5.78 Å². The first-order valence-electron chi connectivity index (χ1n) is 4.55. The van der Waals surface area contributed by atoms with Gasteiger partial charge in [0.05, 0.1) is 0 Å². The highest BCUT2D eigenvalue weighted by Crippen LogP contribution is 2.24. The Hall–Kier alpha value is -1.37. The fourth-order valence-electron chi connectivity index (χ4n) is 1.55. The molecule has 0 N–H and O–H groups in total. The summed E-state index contributed by atoms with van der Waals surface area (Å²) in [5, 5.41) is 0. The lowest BCUT2D eigenvalue weighted by atomic mass is 9.98. The SMILES string of the molecule is CC(C)c1ccc2c(c1)C(=O)C=C2. The normalized spacial score (nSPS) is 13.9. The first-order valence-corrected chi connectivity index (χ1v) is 4.55. The number of hydrogen-bond donors (Lipinski definition) is 0. The highest BCUT2D eigenvalue weighted by atomic mass is 16.1. The summed E-state index contributed by atoms with van der Waals surface area (Å²) in [6, 6.07) is 6.11. The van der Waals surface area contributed by atoms with Crippen LogP contribution in [0.4, 0.5) is 0 Å². The smallest absolute Gasteiger partial charge is 0.186 e. The molecule has 0 fully saturated rings. The number of fused-ring (bicyclic) bond motifs is 1. The zero-order valence-electron chi connectivity index (χ0n) is 7.87. The molecule has 66 valence electrons. The van der Waals surface area contributed by atoms with Crippen LogP contribution in [0.3, 0.4) is 0 Å². The predicted octanol–water partition coefficient (Wildman–Crippen LogP) is 3.02. The Morgan fingerprint density at radius 1 is 1.15 bits per heavy atom. The molecular formula is C12H12O. The van der Waals surface area contributed by atoms with Gasteiger partial charge in [0.2, 0.25) is 0 Å². The van der Waals surface area contributed by atoms with Gasteiger partial charge in [-0.15, -0.1) is 0 Å². The Balaban J connectivity index is 2.51. The van der Waals surface area contributed by atoms with E-state index < -0.39 is 0 Å². The van der Waals surface area contributed by atoms with E-state index >= 15 is 0 Å². The van der Waals surface area contributed by atoms with Gasteiger partial charge in [-0.25, -0.2) is 0 Å². The molecule has 0 atom stereocenters.